The van der Waals surface area contributed by atoms with Crippen LogP contribution in [0.2, 0.25) is 0 Å². The summed E-state index contributed by atoms with van der Waals surface area (Å²) in [6, 6.07) is 24.6. The van der Waals surface area contributed by atoms with Gasteiger partial charge in [0.05, 0.1) is 18.3 Å². The number of para-hydroxylation sites is 1. The molecule has 8 nitrogen and oxygen atoms in total. The van der Waals surface area contributed by atoms with Gasteiger partial charge in [-0.2, -0.15) is 4.68 Å². The number of hydrogen-bond donors (Lipinski definition) is 1. The van der Waals surface area contributed by atoms with Crippen LogP contribution in [0.25, 0.3) is 11.8 Å². The molecule has 2 heterocycles. The lowest BCUT2D eigenvalue weighted by Gasteiger charge is -2.38. The summed E-state index contributed by atoms with van der Waals surface area (Å²) < 4.78 is 7.65. The number of rotatable bonds is 10. The molecular weight excluding hydrogens is 488 g/mol. The van der Waals surface area contributed by atoms with E-state index in [4.69, 9.17) is 4.74 Å². The first-order valence-electron chi connectivity index (χ1n) is 13.5. The number of aromatic nitrogens is 4. The lowest BCUT2D eigenvalue weighted by atomic mass is 10.0. The molecule has 8 heteroatoms. The van der Waals surface area contributed by atoms with Gasteiger partial charge >= 0.3 is 0 Å². The molecule has 5 rings (SSSR count). The summed E-state index contributed by atoms with van der Waals surface area (Å²) in [5.41, 5.74) is 5.54. The van der Waals surface area contributed by atoms with Crippen molar-refractivity contribution < 1.29 is 9.84 Å². The Bertz CT molecular complexity index is 1360. The van der Waals surface area contributed by atoms with Crippen LogP contribution in [0.5, 0.6) is 5.75 Å². The molecule has 0 spiro atoms. The van der Waals surface area contributed by atoms with E-state index in [0.29, 0.717) is 0 Å². The molecule has 0 radical (unpaired) electrons. The number of ether oxygens (including phenoxy) is 1. The molecule has 0 amide bonds. The number of nitrogens with zero attached hydrogens (tertiary/aromatic N) is 6. The molecular formula is C31H36N6O2. The maximum absolute atomic E-state index is 9.25. The van der Waals surface area contributed by atoms with E-state index in [2.05, 4.69) is 99.9 Å². The topological polar surface area (TPSA) is 79.5 Å². The second-order valence-corrected chi connectivity index (χ2v) is 9.89. The van der Waals surface area contributed by atoms with Crippen molar-refractivity contribution in [1.82, 2.24) is 30.0 Å². The number of tetrazole rings is 1. The van der Waals surface area contributed by atoms with Gasteiger partial charge in [0.1, 0.15) is 12.4 Å². The van der Waals surface area contributed by atoms with E-state index in [9.17, 15) is 5.11 Å². The van der Waals surface area contributed by atoms with Gasteiger partial charge in [-0.25, -0.2) is 0 Å². The molecule has 3 aromatic carbocycles. The molecule has 1 fully saturated rings. The predicted octanol–water partition coefficient (Wildman–Crippen LogP) is 4.07. The van der Waals surface area contributed by atoms with E-state index in [1.165, 1.54) is 5.56 Å². The first-order valence-corrected chi connectivity index (χ1v) is 13.5. The molecule has 1 aromatic heterocycles. The lowest BCUT2D eigenvalue weighted by molar-refractivity contribution is 0.113. The highest BCUT2D eigenvalue weighted by atomic mass is 16.5. The number of piperazine rings is 1. The maximum Gasteiger partial charge on any atom is 0.178 e. The molecule has 1 saturated heterocycles. The van der Waals surface area contributed by atoms with Gasteiger partial charge < -0.3 is 9.84 Å². The van der Waals surface area contributed by atoms with Gasteiger partial charge in [0.2, 0.25) is 0 Å². The maximum atomic E-state index is 9.25. The highest BCUT2D eigenvalue weighted by molar-refractivity contribution is 5.49. The second-order valence-electron chi connectivity index (χ2n) is 9.89. The summed E-state index contributed by atoms with van der Waals surface area (Å²) in [6.07, 6.45) is 4.43. The SMILES string of the molecule is Cc1cccc(C)c1-n1nnnc1C(c1cccc(OCCO)c1)N1CCN(CC=Cc2ccccc2)CC1. The number of hydrogen-bond acceptors (Lipinski definition) is 7. The molecule has 0 saturated carbocycles. The first kappa shape index (κ1) is 26.7. The Labute approximate surface area is 230 Å². The normalized spacial score (nSPS) is 15.6. The van der Waals surface area contributed by atoms with Gasteiger partial charge in [-0.3, -0.25) is 9.80 Å². The van der Waals surface area contributed by atoms with Crippen LogP contribution in [0.4, 0.5) is 0 Å². The molecule has 1 unspecified atom stereocenters. The fraction of sp³-hybridized carbons (Fsp3) is 0.323. The fourth-order valence-electron chi connectivity index (χ4n) is 5.23. The summed E-state index contributed by atoms with van der Waals surface area (Å²) in [7, 11) is 0. The standard InChI is InChI=1S/C31H36N6O2/c1-24-9-6-10-25(2)29(24)37-31(32-33-34-37)30(27-14-7-15-28(23-27)39-22-21-38)36-19-17-35(18-20-36)16-8-13-26-11-4-3-5-12-26/h3-15,23,30,38H,16-22H2,1-2H3. The number of aliphatic hydroxyl groups is 1. The van der Waals surface area contributed by atoms with Crippen molar-refractivity contribution in [1.29, 1.82) is 0 Å². The third-order valence-electron chi connectivity index (χ3n) is 7.17. The summed E-state index contributed by atoms with van der Waals surface area (Å²) >= 11 is 0. The van der Waals surface area contributed by atoms with E-state index in [1.807, 2.05) is 28.9 Å². The van der Waals surface area contributed by atoms with Gasteiger partial charge in [-0.05, 0) is 58.7 Å². The van der Waals surface area contributed by atoms with E-state index in [1.54, 1.807) is 0 Å². The molecule has 1 N–H and O–H groups in total. The van der Waals surface area contributed by atoms with Crippen LogP contribution >= 0.6 is 0 Å². The predicted molar refractivity (Wildman–Crippen MR) is 153 cm³/mol. The Balaban J connectivity index is 1.41. The zero-order chi connectivity index (χ0) is 27.0. The van der Waals surface area contributed by atoms with E-state index in [-0.39, 0.29) is 19.3 Å². The van der Waals surface area contributed by atoms with E-state index in [0.717, 1.165) is 66.7 Å². The summed E-state index contributed by atoms with van der Waals surface area (Å²) in [5, 5.41) is 22.4. The molecule has 1 aliphatic heterocycles. The third kappa shape index (κ3) is 6.42. The molecule has 4 aromatic rings. The molecule has 39 heavy (non-hydrogen) atoms. The van der Waals surface area contributed by atoms with Crippen molar-refractivity contribution >= 4 is 6.08 Å². The average molecular weight is 525 g/mol. The lowest BCUT2D eigenvalue weighted by Crippen LogP contribution is -2.48. The van der Waals surface area contributed by atoms with Crippen molar-refractivity contribution in [3.8, 4) is 11.4 Å². The van der Waals surface area contributed by atoms with Gasteiger partial charge in [0.15, 0.2) is 5.82 Å². The van der Waals surface area contributed by atoms with Gasteiger partial charge in [-0.1, -0.05) is 72.8 Å². The Kier molecular flexibility index (Phi) is 8.78. The van der Waals surface area contributed by atoms with Crippen LogP contribution < -0.4 is 4.74 Å². The minimum Gasteiger partial charge on any atom is -0.491 e. The van der Waals surface area contributed by atoms with Crippen molar-refractivity contribution in [2.45, 2.75) is 19.9 Å². The summed E-state index contributed by atoms with van der Waals surface area (Å²) in [6.45, 7) is 8.97. The van der Waals surface area contributed by atoms with Gasteiger partial charge in [0.25, 0.3) is 0 Å². The Hall–Kier alpha value is -3.85. The number of aliphatic hydroxyl groups excluding tert-OH is 1. The quantitative estimate of drug-likeness (QED) is 0.335. The van der Waals surface area contributed by atoms with Crippen molar-refractivity contribution in [2.24, 2.45) is 0 Å². The minimum absolute atomic E-state index is 0.0286. The van der Waals surface area contributed by atoms with Crippen LogP contribution in [0.15, 0.2) is 78.9 Å². The highest BCUT2D eigenvalue weighted by Crippen LogP contribution is 2.32. The minimum atomic E-state index is -0.154. The zero-order valence-electron chi connectivity index (χ0n) is 22.6. The Morgan fingerprint density at radius 1 is 0.923 bits per heavy atom. The smallest absolute Gasteiger partial charge is 0.178 e. The Morgan fingerprint density at radius 2 is 1.67 bits per heavy atom. The molecule has 1 atom stereocenters. The van der Waals surface area contributed by atoms with Gasteiger partial charge in [0, 0.05) is 32.7 Å². The second kappa shape index (κ2) is 12.8. The third-order valence-corrected chi connectivity index (χ3v) is 7.17. The van der Waals surface area contributed by atoms with Crippen molar-refractivity contribution in [3.63, 3.8) is 0 Å². The Morgan fingerprint density at radius 3 is 2.41 bits per heavy atom. The summed E-state index contributed by atoms with van der Waals surface area (Å²) in [5.74, 6) is 1.51. The average Bonchev–Trinajstić information content (AvgIpc) is 3.42. The first-order chi connectivity index (χ1) is 19.1. The number of aryl methyl sites for hydroxylation is 2. The monoisotopic (exact) mass is 524 g/mol. The van der Waals surface area contributed by atoms with Crippen molar-refractivity contribution in [2.75, 3.05) is 45.9 Å². The van der Waals surface area contributed by atoms with Crippen molar-refractivity contribution in [3.05, 3.63) is 107 Å². The summed E-state index contributed by atoms with van der Waals surface area (Å²) in [4.78, 5) is 4.93. The molecule has 0 bridgehead atoms. The van der Waals surface area contributed by atoms with E-state index >= 15 is 0 Å². The van der Waals surface area contributed by atoms with Crippen LogP contribution in [-0.2, 0) is 0 Å². The molecule has 0 aliphatic carbocycles. The van der Waals surface area contributed by atoms with E-state index < -0.39 is 0 Å². The van der Waals surface area contributed by atoms with Crippen LogP contribution in [-0.4, -0.2) is 81.1 Å². The van der Waals surface area contributed by atoms with Crippen LogP contribution in [0.3, 0.4) is 0 Å². The highest BCUT2D eigenvalue weighted by Gasteiger charge is 2.31. The zero-order valence-corrected chi connectivity index (χ0v) is 22.6. The number of benzene rings is 3. The largest absolute Gasteiger partial charge is 0.491 e. The van der Waals surface area contributed by atoms with Crippen LogP contribution in [0, 0.1) is 13.8 Å². The molecule has 202 valence electrons. The fourth-order valence-corrected chi connectivity index (χ4v) is 5.23. The molecule has 1 aliphatic rings. The van der Waals surface area contributed by atoms with Gasteiger partial charge in [-0.15, -0.1) is 5.10 Å². The van der Waals surface area contributed by atoms with Crippen LogP contribution in [0.1, 0.15) is 34.1 Å².